The van der Waals surface area contributed by atoms with Crippen molar-refractivity contribution in [1.82, 2.24) is 15.0 Å². The molecule has 0 aliphatic heterocycles. The van der Waals surface area contributed by atoms with Crippen LogP contribution in [-0.4, -0.2) is 20.8 Å². The fraction of sp³-hybridized carbons (Fsp3) is 0.625. The topological polar surface area (TPSA) is 73.8 Å². The van der Waals surface area contributed by atoms with Crippen LogP contribution in [0.5, 0.6) is 0 Å². The summed E-state index contributed by atoms with van der Waals surface area (Å²) in [5, 5.41) is 7.56. The molecule has 0 aliphatic rings. The Kier molecular flexibility index (Phi) is 3.13. The van der Waals surface area contributed by atoms with Crippen molar-refractivity contribution in [3.8, 4) is 0 Å². The van der Waals surface area contributed by atoms with Crippen LogP contribution in [-0.2, 0) is 17.9 Å². The molecule has 0 bridgehead atoms. The smallest absolute Gasteiger partial charge is 0.156 e. The highest BCUT2D eigenvalue weighted by Gasteiger charge is 2.08. The fourth-order valence-corrected chi connectivity index (χ4v) is 0.852. The van der Waals surface area contributed by atoms with Crippen LogP contribution in [0.3, 0.4) is 0 Å². The molecule has 2 N–H and O–H groups in total. The number of nitrogens with two attached hydrogens (primary N) is 1. The van der Waals surface area contributed by atoms with Crippen LogP contribution in [0, 0.1) is 5.92 Å². The zero-order chi connectivity index (χ0) is 9.84. The summed E-state index contributed by atoms with van der Waals surface area (Å²) in [4.78, 5) is 11.3. The van der Waals surface area contributed by atoms with Crippen molar-refractivity contribution in [3.05, 3.63) is 11.9 Å². The number of carbonyl (C=O) groups is 1. The average molecular weight is 182 g/mol. The van der Waals surface area contributed by atoms with Gasteiger partial charge in [0.2, 0.25) is 0 Å². The van der Waals surface area contributed by atoms with E-state index in [1.54, 1.807) is 6.20 Å². The van der Waals surface area contributed by atoms with Crippen molar-refractivity contribution in [3.63, 3.8) is 0 Å². The lowest BCUT2D eigenvalue weighted by Crippen LogP contribution is -2.15. The minimum Gasteiger partial charge on any atom is -0.325 e. The molecule has 0 amide bonds. The third kappa shape index (κ3) is 2.62. The monoisotopic (exact) mass is 182 g/mol. The third-order valence-corrected chi connectivity index (χ3v) is 1.76. The van der Waals surface area contributed by atoms with Crippen LogP contribution < -0.4 is 5.73 Å². The Morgan fingerprint density at radius 2 is 2.38 bits per heavy atom. The molecule has 0 saturated carbocycles. The van der Waals surface area contributed by atoms with E-state index >= 15 is 0 Å². The summed E-state index contributed by atoms with van der Waals surface area (Å²) in [6.07, 6.45) is 1.69. The number of hydrogen-bond acceptors (Lipinski definition) is 4. The molecule has 1 aromatic rings. The molecule has 0 aliphatic carbocycles. The van der Waals surface area contributed by atoms with Crippen molar-refractivity contribution < 1.29 is 4.79 Å². The van der Waals surface area contributed by atoms with Gasteiger partial charge in [-0.1, -0.05) is 19.1 Å². The second-order valence-electron chi connectivity index (χ2n) is 3.23. The van der Waals surface area contributed by atoms with Crippen LogP contribution >= 0.6 is 0 Å². The second-order valence-corrected chi connectivity index (χ2v) is 3.23. The number of carbonyl (C=O) groups excluding carboxylic acids is 1. The first kappa shape index (κ1) is 9.85. The second kappa shape index (κ2) is 4.13. The Morgan fingerprint density at radius 1 is 1.69 bits per heavy atom. The predicted molar refractivity (Wildman–Crippen MR) is 47.8 cm³/mol. The number of aromatic nitrogens is 3. The lowest BCUT2D eigenvalue weighted by atomic mass is 10.1. The first-order valence-electron chi connectivity index (χ1n) is 4.25. The van der Waals surface area contributed by atoms with E-state index in [0.29, 0.717) is 12.2 Å². The Bertz CT molecular complexity index is 292. The van der Waals surface area contributed by atoms with Gasteiger partial charge in [-0.2, -0.15) is 0 Å². The molecule has 0 atom stereocenters. The minimum absolute atomic E-state index is 0.0329. The highest BCUT2D eigenvalue weighted by Crippen LogP contribution is 1.98. The van der Waals surface area contributed by atoms with Crippen LogP contribution in [0.15, 0.2) is 6.20 Å². The predicted octanol–water partition coefficient (Wildman–Crippen LogP) is -0.0381. The molecule has 0 aromatic carbocycles. The summed E-state index contributed by atoms with van der Waals surface area (Å²) in [6.45, 7) is 4.37. The van der Waals surface area contributed by atoms with E-state index in [2.05, 4.69) is 10.3 Å². The first-order chi connectivity index (χ1) is 6.13. The molecule has 13 heavy (non-hydrogen) atoms. The molecule has 0 fully saturated rings. The van der Waals surface area contributed by atoms with Gasteiger partial charge in [0.05, 0.1) is 11.9 Å². The fourth-order valence-electron chi connectivity index (χ4n) is 0.852. The van der Waals surface area contributed by atoms with Gasteiger partial charge in [-0.3, -0.25) is 4.79 Å². The van der Waals surface area contributed by atoms with Crippen molar-refractivity contribution in [2.45, 2.75) is 26.9 Å². The molecule has 1 heterocycles. The van der Waals surface area contributed by atoms with Crippen molar-refractivity contribution in [1.29, 1.82) is 0 Å². The third-order valence-electron chi connectivity index (χ3n) is 1.76. The van der Waals surface area contributed by atoms with Gasteiger partial charge in [0, 0.05) is 12.5 Å². The van der Waals surface area contributed by atoms with Gasteiger partial charge in [-0.25, -0.2) is 4.68 Å². The summed E-state index contributed by atoms with van der Waals surface area (Å²) in [5.74, 6) is 0.180. The van der Waals surface area contributed by atoms with Gasteiger partial charge < -0.3 is 5.73 Å². The van der Waals surface area contributed by atoms with E-state index in [9.17, 15) is 4.79 Å². The summed E-state index contributed by atoms with van der Waals surface area (Å²) in [6, 6.07) is 0. The van der Waals surface area contributed by atoms with Gasteiger partial charge in [-0.05, 0) is 0 Å². The Balaban J connectivity index is 2.59. The van der Waals surface area contributed by atoms with E-state index in [0.717, 1.165) is 0 Å². The summed E-state index contributed by atoms with van der Waals surface area (Å²) >= 11 is 0. The van der Waals surface area contributed by atoms with Gasteiger partial charge in [0.25, 0.3) is 0 Å². The van der Waals surface area contributed by atoms with E-state index in [-0.39, 0.29) is 18.2 Å². The lowest BCUT2D eigenvalue weighted by Gasteiger charge is -2.02. The SMILES string of the molecule is CC(C)C(=O)Cn1cc(CN)nn1. The van der Waals surface area contributed by atoms with Crippen molar-refractivity contribution in [2.24, 2.45) is 11.7 Å². The summed E-state index contributed by atoms with van der Waals surface area (Å²) in [5.41, 5.74) is 6.06. The minimum atomic E-state index is 0.0329. The number of nitrogens with zero attached hydrogens (tertiary/aromatic N) is 3. The van der Waals surface area contributed by atoms with Gasteiger partial charge >= 0.3 is 0 Å². The number of hydrogen-bond donors (Lipinski definition) is 1. The van der Waals surface area contributed by atoms with E-state index in [4.69, 9.17) is 5.73 Å². The Morgan fingerprint density at radius 3 is 2.85 bits per heavy atom. The van der Waals surface area contributed by atoms with Crippen LogP contribution in [0.4, 0.5) is 0 Å². The maximum Gasteiger partial charge on any atom is 0.156 e. The van der Waals surface area contributed by atoms with Crippen LogP contribution in [0.2, 0.25) is 0 Å². The zero-order valence-electron chi connectivity index (χ0n) is 7.90. The molecule has 1 rings (SSSR count). The highest BCUT2D eigenvalue weighted by atomic mass is 16.1. The Labute approximate surface area is 76.9 Å². The molecular formula is C8H14N4O. The first-order valence-corrected chi connectivity index (χ1v) is 4.25. The van der Waals surface area contributed by atoms with Gasteiger partial charge in [0.1, 0.15) is 6.54 Å². The standard InChI is InChI=1S/C8H14N4O/c1-6(2)8(13)5-12-4-7(3-9)10-11-12/h4,6H,3,5,9H2,1-2H3. The maximum absolute atomic E-state index is 11.3. The number of ketones is 1. The highest BCUT2D eigenvalue weighted by molar-refractivity contribution is 5.79. The molecule has 0 unspecified atom stereocenters. The molecule has 0 spiro atoms. The summed E-state index contributed by atoms with van der Waals surface area (Å²) < 4.78 is 1.52. The molecule has 0 radical (unpaired) electrons. The number of Topliss-reactive ketones (excluding diaryl/α,β-unsaturated/α-hetero) is 1. The largest absolute Gasteiger partial charge is 0.325 e. The molecule has 5 heteroatoms. The zero-order valence-corrected chi connectivity index (χ0v) is 7.90. The molecule has 1 aromatic heterocycles. The molecule has 5 nitrogen and oxygen atoms in total. The van der Waals surface area contributed by atoms with Gasteiger partial charge in [-0.15, -0.1) is 5.10 Å². The van der Waals surface area contributed by atoms with Crippen molar-refractivity contribution in [2.75, 3.05) is 0 Å². The maximum atomic E-state index is 11.3. The molecule has 0 saturated heterocycles. The quantitative estimate of drug-likeness (QED) is 0.709. The molecular weight excluding hydrogens is 168 g/mol. The van der Waals surface area contributed by atoms with Gasteiger partial charge in [0.15, 0.2) is 5.78 Å². The average Bonchev–Trinajstić information content (AvgIpc) is 2.52. The van der Waals surface area contributed by atoms with E-state index < -0.39 is 0 Å². The van der Waals surface area contributed by atoms with E-state index in [1.165, 1.54) is 4.68 Å². The summed E-state index contributed by atoms with van der Waals surface area (Å²) in [7, 11) is 0. The normalized spacial score (nSPS) is 10.8. The Hall–Kier alpha value is -1.23. The van der Waals surface area contributed by atoms with Crippen LogP contribution in [0.25, 0.3) is 0 Å². The molecule has 72 valence electrons. The van der Waals surface area contributed by atoms with Crippen molar-refractivity contribution >= 4 is 5.78 Å². The van der Waals surface area contributed by atoms with E-state index in [1.807, 2.05) is 13.8 Å². The van der Waals surface area contributed by atoms with Crippen LogP contribution in [0.1, 0.15) is 19.5 Å². The lowest BCUT2D eigenvalue weighted by molar-refractivity contribution is -0.122. The number of rotatable bonds is 4.